The molecule has 2 aromatic carbocycles. The lowest BCUT2D eigenvalue weighted by Crippen LogP contribution is -2.26. The molecule has 0 fully saturated rings. The van der Waals surface area contributed by atoms with Crippen molar-refractivity contribution in [1.29, 1.82) is 0 Å². The number of aromatic nitrogens is 4. The fourth-order valence-corrected chi connectivity index (χ4v) is 5.21. The fraction of sp³-hybridized carbons (Fsp3) is 0.217. The van der Waals surface area contributed by atoms with Gasteiger partial charge in [0.1, 0.15) is 5.03 Å². The SMILES string of the molecule is O=C(CSc1ccc2nnc(CCNS(=O)(=O)c3ccccc3)n2n1)NCc1ccc2c(c1)OCO2. The van der Waals surface area contributed by atoms with Gasteiger partial charge in [-0.15, -0.1) is 10.2 Å². The number of nitrogens with zero attached hydrogens (tertiary/aromatic N) is 4. The van der Waals surface area contributed by atoms with Gasteiger partial charge in [-0.2, -0.15) is 9.61 Å². The highest BCUT2D eigenvalue weighted by molar-refractivity contribution is 7.99. The van der Waals surface area contributed by atoms with Crippen LogP contribution in [0.25, 0.3) is 5.65 Å². The van der Waals surface area contributed by atoms with E-state index in [0.29, 0.717) is 41.0 Å². The number of ether oxygens (including phenoxy) is 2. The maximum atomic E-state index is 12.4. The number of thioether (sulfide) groups is 1. The smallest absolute Gasteiger partial charge is 0.240 e. The number of hydrogen-bond donors (Lipinski definition) is 2. The van der Waals surface area contributed by atoms with Gasteiger partial charge in [0.15, 0.2) is 23.0 Å². The van der Waals surface area contributed by atoms with Gasteiger partial charge in [-0.3, -0.25) is 4.79 Å². The molecule has 2 N–H and O–H groups in total. The number of hydrogen-bond acceptors (Lipinski definition) is 9. The lowest BCUT2D eigenvalue weighted by Gasteiger charge is -2.07. The third-order valence-electron chi connectivity index (χ3n) is 5.27. The lowest BCUT2D eigenvalue weighted by molar-refractivity contribution is -0.118. The molecule has 186 valence electrons. The summed E-state index contributed by atoms with van der Waals surface area (Å²) in [7, 11) is -3.61. The highest BCUT2D eigenvalue weighted by Gasteiger charge is 2.15. The molecule has 0 atom stereocenters. The minimum absolute atomic E-state index is 0.138. The van der Waals surface area contributed by atoms with Crippen LogP contribution >= 0.6 is 11.8 Å². The van der Waals surface area contributed by atoms with Crippen molar-refractivity contribution >= 4 is 33.3 Å². The van der Waals surface area contributed by atoms with Crippen molar-refractivity contribution in [3.05, 3.63) is 72.1 Å². The molecule has 0 aliphatic carbocycles. The van der Waals surface area contributed by atoms with Crippen LogP contribution in [0.2, 0.25) is 0 Å². The Labute approximate surface area is 211 Å². The third kappa shape index (κ3) is 5.58. The van der Waals surface area contributed by atoms with Crippen molar-refractivity contribution in [2.24, 2.45) is 0 Å². The Morgan fingerprint density at radius 1 is 1.03 bits per heavy atom. The second-order valence-electron chi connectivity index (χ2n) is 7.77. The first-order valence-corrected chi connectivity index (χ1v) is 13.5. The zero-order chi connectivity index (χ0) is 25.0. The molecular formula is C23H22N6O5S2. The molecule has 4 aromatic rings. The van der Waals surface area contributed by atoms with Crippen LogP contribution in [0.1, 0.15) is 11.4 Å². The van der Waals surface area contributed by atoms with Crippen molar-refractivity contribution in [3.63, 3.8) is 0 Å². The topological polar surface area (TPSA) is 137 Å². The van der Waals surface area contributed by atoms with Crippen LogP contribution in [-0.2, 0) is 27.8 Å². The van der Waals surface area contributed by atoms with E-state index in [2.05, 4.69) is 25.3 Å². The molecule has 11 nitrogen and oxygen atoms in total. The first-order valence-electron chi connectivity index (χ1n) is 11.0. The Morgan fingerprint density at radius 3 is 2.72 bits per heavy atom. The zero-order valence-corrected chi connectivity index (χ0v) is 20.6. The van der Waals surface area contributed by atoms with Gasteiger partial charge >= 0.3 is 0 Å². The minimum Gasteiger partial charge on any atom is -0.454 e. The fourth-order valence-electron chi connectivity index (χ4n) is 3.47. The molecule has 0 saturated carbocycles. The Bertz CT molecular complexity index is 1490. The van der Waals surface area contributed by atoms with Crippen LogP contribution < -0.4 is 19.5 Å². The summed E-state index contributed by atoms with van der Waals surface area (Å²) in [6.45, 7) is 0.715. The summed E-state index contributed by atoms with van der Waals surface area (Å²) in [5.74, 6) is 1.92. The average molecular weight is 527 g/mol. The predicted molar refractivity (Wildman–Crippen MR) is 131 cm³/mol. The van der Waals surface area contributed by atoms with E-state index < -0.39 is 10.0 Å². The number of rotatable bonds is 10. The number of sulfonamides is 1. The minimum atomic E-state index is -3.61. The molecule has 0 saturated heterocycles. The number of carbonyl (C=O) groups is 1. The summed E-state index contributed by atoms with van der Waals surface area (Å²) in [5, 5.41) is 16.2. The normalized spacial score (nSPS) is 12.7. The zero-order valence-electron chi connectivity index (χ0n) is 19.0. The van der Waals surface area contributed by atoms with Crippen molar-refractivity contribution < 1.29 is 22.7 Å². The van der Waals surface area contributed by atoms with Gasteiger partial charge in [0.2, 0.25) is 22.7 Å². The van der Waals surface area contributed by atoms with Crippen LogP contribution in [0.3, 0.4) is 0 Å². The van der Waals surface area contributed by atoms with Gasteiger partial charge in [0.25, 0.3) is 0 Å². The molecule has 13 heteroatoms. The van der Waals surface area contributed by atoms with Crippen LogP contribution in [-0.4, -0.2) is 53.2 Å². The van der Waals surface area contributed by atoms with Gasteiger partial charge < -0.3 is 14.8 Å². The Balaban J connectivity index is 1.14. The number of benzene rings is 2. The molecule has 3 heterocycles. The van der Waals surface area contributed by atoms with E-state index in [4.69, 9.17) is 9.47 Å². The number of amides is 1. The molecular weight excluding hydrogens is 504 g/mol. The van der Waals surface area contributed by atoms with Gasteiger partial charge in [-0.1, -0.05) is 36.0 Å². The number of fused-ring (bicyclic) bond motifs is 2. The molecule has 0 spiro atoms. The van der Waals surface area contributed by atoms with Crippen LogP contribution in [0.5, 0.6) is 11.5 Å². The van der Waals surface area contributed by atoms with E-state index in [1.807, 2.05) is 18.2 Å². The number of nitrogens with one attached hydrogen (secondary N) is 2. The Kier molecular flexibility index (Phi) is 7.02. The second-order valence-corrected chi connectivity index (χ2v) is 10.5. The summed E-state index contributed by atoms with van der Waals surface area (Å²) >= 11 is 1.28. The molecule has 0 radical (unpaired) electrons. The molecule has 1 aliphatic heterocycles. The van der Waals surface area contributed by atoms with Gasteiger partial charge in [-0.25, -0.2) is 13.1 Å². The molecule has 1 amide bonds. The second kappa shape index (κ2) is 10.5. The van der Waals surface area contributed by atoms with Gasteiger partial charge in [0, 0.05) is 19.5 Å². The van der Waals surface area contributed by atoms with E-state index in [-0.39, 0.29) is 29.9 Å². The molecule has 0 unspecified atom stereocenters. The van der Waals surface area contributed by atoms with Crippen LogP contribution in [0.4, 0.5) is 0 Å². The van der Waals surface area contributed by atoms with Gasteiger partial charge in [-0.05, 0) is 42.0 Å². The summed E-state index contributed by atoms with van der Waals surface area (Å²) in [5.41, 5.74) is 1.45. The standard InChI is InChI=1S/C23H22N6O5S2/c30-22(24-13-16-6-7-18-19(12-16)34-15-33-18)14-35-23-9-8-20-26-27-21(29(20)28-23)10-11-25-36(31,32)17-4-2-1-3-5-17/h1-9,12,25H,10-11,13-15H2,(H,24,30). The summed E-state index contributed by atoms with van der Waals surface area (Å²) in [6.07, 6.45) is 0.296. The maximum absolute atomic E-state index is 12.4. The Morgan fingerprint density at radius 2 is 1.86 bits per heavy atom. The molecule has 1 aliphatic rings. The third-order valence-corrected chi connectivity index (χ3v) is 7.67. The number of carbonyl (C=O) groups excluding carboxylic acids is 1. The average Bonchev–Trinajstić information content (AvgIpc) is 3.53. The maximum Gasteiger partial charge on any atom is 0.240 e. The predicted octanol–water partition coefficient (Wildman–Crippen LogP) is 1.78. The first kappa shape index (κ1) is 24.0. The quantitative estimate of drug-likeness (QED) is 0.296. The highest BCUT2D eigenvalue weighted by Crippen LogP contribution is 2.32. The van der Waals surface area contributed by atoms with E-state index >= 15 is 0 Å². The monoisotopic (exact) mass is 526 g/mol. The highest BCUT2D eigenvalue weighted by atomic mass is 32.2. The molecule has 0 bridgehead atoms. The van der Waals surface area contributed by atoms with Crippen molar-refractivity contribution in [2.75, 3.05) is 19.1 Å². The van der Waals surface area contributed by atoms with Crippen molar-refractivity contribution in [2.45, 2.75) is 22.9 Å². The Hall–Kier alpha value is -3.68. The van der Waals surface area contributed by atoms with E-state index in [1.54, 1.807) is 34.8 Å². The van der Waals surface area contributed by atoms with Gasteiger partial charge in [0.05, 0.1) is 10.6 Å². The molecule has 2 aromatic heterocycles. The molecule has 36 heavy (non-hydrogen) atoms. The largest absolute Gasteiger partial charge is 0.454 e. The van der Waals surface area contributed by atoms with Crippen molar-refractivity contribution in [3.8, 4) is 11.5 Å². The first-order chi connectivity index (χ1) is 17.5. The summed E-state index contributed by atoms with van der Waals surface area (Å²) < 4.78 is 39.6. The van der Waals surface area contributed by atoms with E-state index in [1.165, 1.54) is 23.9 Å². The summed E-state index contributed by atoms with van der Waals surface area (Å²) in [4.78, 5) is 12.5. The van der Waals surface area contributed by atoms with E-state index in [0.717, 1.165) is 5.56 Å². The van der Waals surface area contributed by atoms with E-state index in [9.17, 15) is 13.2 Å². The summed E-state index contributed by atoms with van der Waals surface area (Å²) in [6, 6.07) is 17.2. The van der Waals surface area contributed by atoms with Crippen LogP contribution in [0.15, 0.2) is 70.6 Å². The molecule has 5 rings (SSSR count). The lowest BCUT2D eigenvalue weighted by atomic mass is 10.2. The van der Waals surface area contributed by atoms with Crippen molar-refractivity contribution in [1.82, 2.24) is 29.9 Å². The van der Waals surface area contributed by atoms with Crippen LogP contribution in [0, 0.1) is 0 Å².